The molecule has 0 radical (unpaired) electrons. The van der Waals surface area contributed by atoms with Crippen molar-refractivity contribution in [2.24, 2.45) is 0 Å². The summed E-state index contributed by atoms with van der Waals surface area (Å²) in [6, 6.07) is 8.83. The van der Waals surface area contributed by atoms with E-state index in [0.29, 0.717) is 16.8 Å². The summed E-state index contributed by atoms with van der Waals surface area (Å²) in [6.07, 6.45) is 0. The van der Waals surface area contributed by atoms with Gasteiger partial charge in [-0.25, -0.2) is 8.78 Å². The molecular formula is C13H11F2N. The normalized spacial score (nSPS) is 10.4. The molecule has 0 unspecified atom stereocenters. The molecule has 0 aliphatic carbocycles. The Balaban J connectivity index is 2.62. The van der Waals surface area contributed by atoms with Crippen LogP contribution in [-0.4, -0.2) is 0 Å². The number of nitrogen functional groups attached to an aromatic ring is 1. The third-order valence-corrected chi connectivity index (χ3v) is 2.43. The third kappa shape index (κ3) is 1.89. The SMILES string of the molecule is Cc1ccc(N)c(-c2ccc(F)cc2F)c1. The molecule has 0 heterocycles. The highest BCUT2D eigenvalue weighted by Gasteiger charge is 2.09. The second-order valence-corrected chi connectivity index (χ2v) is 3.71. The minimum absolute atomic E-state index is 0.322. The van der Waals surface area contributed by atoms with Crippen LogP contribution in [-0.2, 0) is 0 Å². The predicted molar refractivity (Wildman–Crippen MR) is 60.9 cm³/mol. The van der Waals surface area contributed by atoms with Crippen LogP contribution < -0.4 is 5.73 Å². The van der Waals surface area contributed by atoms with Gasteiger partial charge in [-0.05, 0) is 31.2 Å². The van der Waals surface area contributed by atoms with Gasteiger partial charge in [-0.3, -0.25) is 0 Å². The van der Waals surface area contributed by atoms with Gasteiger partial charge < -0.3 is 5.73 Å². The smallest absolute Gasteiger partial charge is 0.134 e. The van der Waals surface area contributed by atoms with Crippen LogP contribution in [0.15, 0.2) is 36.4 Å². The lowest BCUT2D eigenvalue weighted by molar-refractivity contribution is 0.585. The molecule has 2 aromatic rings. The molecule has 0 saturated carbocycles. The lowest BCUT2D eigenvalue weighted by Crippen LogP contribution is -1.93. The van der Waals surface area contributed by atoms with E-state index in [0.717, 1.165) is 11.6 Å². The zero-order valence-corrected chi connectivity index (χ0v) is 8.80. The summed E-state index contributed by atoms with van der Waals surface area (Å²) in [7, 11) is 0. The average Bonchev–Trinajstić information content (AvgIpc) is 2.22. The first kappa shape index (κ1) is 10.6. The van der Waals surface area contributed by atoms with E-state index in [1.807, 2.05) is 13.0 Å². The molecule has 82 valence electrons. The maximum Gasteiger partial charge on any atom is 0.134 e. The summed E-state index contributed by atoms with van der Waals surface area (Å²) in [5.41, 5.74) is 8.15. The zero-order chi connectivity index (χ0) is 11.7. The molecule has 0 amide bonds. The Hall–Kier alpha value is -1.90. The minimum atomic E-state index is -0.600. The van der Waals surface area contributed by atoms with Gasteiger partial charge in [-0.1, -0.05) is 11.6 Å². The Morgan fingerprint density at radius 2 is 1.69 bits per heavy atom. The molecule has 2 aromatic carbocycles. The van der Waals surface area contributed by atoms with Crippen molar-refractivity contribution in [3.05, 3.63) is 53.6 Å². The number of hydrogen-bond acceptors (Lipinski definition) is 1. The largest absolute Gasteiger partial charge is 0.398 e. The second-order valence-electron chi connectivity index (χ2n) is 3.71. The maximum absolute atomic E-state index is 13.6. The summed E-state index contributed by atoms with van der Waals surface area (Å²) in [4.78, 5) is 0. The number of hydrogen-bond donors (Lipinski definition) is 1. The van der Waals surface area contributed by atoms with Gasteiger partial charge >= 0.3 is 0 Å². The Morgan fingerprint density at radius 1 is 0.938 bits per heavy atom. The van der Waals surface area contributed by atoms with Crippen LogP contribution in [0.4, 0.5) is 14.5 Å². The van der Waals surface area contributed by atoms with E-state index in [1.54, 1.807) is 12.1 Å². The zero-order valence-electron chi connectivity index (χ0n) is 8.80. The number of rotatable bonds is 1. The number of halogens is 2. The maximum atomic E-state index is 13.6. The fourth-order valence-corrected chi connectivity index (χ4v) is 1.61. The third-order valence-electron chi connectivity index (χ3n) is 2.43. The van der Waals surface area contributed by atoms with Crippen LogP contribution >= 0.6 is 0 Å². The van der Waals surface area contributed by atoms with Gasteiger partial charge in [0, 0.05) is 22.9 Å². The second kappa shape index (κ2) is 3.93. The predicted octanol–water partition coefficient (Wildman–Crippen LogP) is 3.52. The lowest BCUT2D eigenvalue weighted by atomic mass is 10.0. The van der Waals surface area contributed by atoms with Crippen molar-refractivity contribution >= 4 is 5.69 Å². The molecule has 0 aromatic heterocycles. The van der Waals surface area contributed by atoms with Crippen LogP contribution in [0.3, 0.4) is 0 Å². The monoisotopic (exact) mass is 219 g/mol. The van der Waals surface area contributed by atoms with Gasteiger partial charge in [0.05, 0.1) is 0 Å². The van der Waals surface area contributed by atoms with Crippen molar-refractivity contribution in [1.29, 1.82) is 0 Å². The van der Waals surface area contributed by atoms with E-state index in [4.69, 9.17) is 5.73 Å². The van der Waals surface area contributed by atoms with E-state index in [2.05, 4.69) is 0 Å². The van der Waals surface area contributed by atoms with Crippen LogP contribution in [0.5, 0.6) is 0 Å². The van der Waals surface area contributed by atoms with Crippen molar-refractivity contribution < 1.29 is 8.78 Å². The van der Waals surface area contributed by atoms with Crippen LogP contribution in [0, 0.1) is 18.6 Å². The van der Waals surface area contributed by atoms with E-state index in [1.165, 1.54) is 12.1 Å². The van der Waals surface area contributed by atoms with Crippen molar-refractivity contribution in [1.82, 2.24) is 0 Å². The summed E-state index contributed by atoms with van der Waals surface area (Å²) < 4.78 is 26.3. The Labute approximate surface area is 92.5 Å². The van der Waals surface area contributed by atoms with Crippen molar-refractivity contribution in [3.63, 3.8) is 0 Å². The van der Waals surface area contributed by atoms with Crippen molar-refractivity contribution in [2.45, 2.75) is 6.92 Å². The highest BCUT2D eigenvalue weighted by atomic mass is 19.1. The van der Waals surface area contributed by atoms with Crippen LogP contribution in [0.25, 0.3) is 11.1 Å². The quantitative estimate of drug-likeness (QED) is 0.729. The first-order chi connectivity index (χ1) is 7.58. The topological polar surface area (TPSA) is 26.0 Å². The molecule has 1 nitrogen and oxygen atoms in total. The van der Waals surface area contributed by atoms with Gasteiger partial charge in [0.1, 0.15) is 11.6 Å². The summed E-state index contributed by atoms with van der Waals surface area (Å²) in [5.74, 6) is -1.19. The molecule has 16 heavy (non-hydrogen) atoms. The molecule has 0 atom stereocenters. The van der Waals surface area contributed by atoms with Crippen LogP contribution in [0.2, 0.25) is 0 Å². The fourth-order valence-electron chi connectivity index (χ4n) is 1.61. The first-order valence-electron chi connectivity index (χ1n) is 4.89. The number of aryl methyl sites for hydroxylation is 1. The molecule has 0 fully saturated rings. The molecule has 2 N–H and O–H groups in total. The van der Waals surface area contributed by atoms with Crippen LogP contribution in [0.1, 0.15) is 5.56 Å². The molecule has 0 saturated heterocycles. The van der Waals surface area contributed by atoms with Gasteiger partial charge in [0.2, 0.25) is 0 Å². The molecule has 0 aliphatic rings. The number of anilines is 1. The average molecular weight is 219 g/mol. The molecule has 0 bridgehead atoms. The van der Waals surface area contributed by atoms with Gasteiger partial charge in [0.25, 0.3) is 0 Å². The summed E-state index contributed by atoms with van der Waals surface area (Å²) in [5, 5.41) is 0. The number of benzene rings is 2. The fraction of sp³-hybridized carbons (Fsp3) is 0.0769. The molecule has 3 heteroatoms. The molecule has 0 aliphatic heterocycles. The highest BCUT2D eigenvalue weighted by Crippen LogP contribution is 2.29. The van der Waals surface area contributed by atoms with Crippen molar-refractivity contribution in [3.8, 4) is 11.1 Å². The molecule has 2 rings (SSSR count). The van der Waals surface area contributed by atoms with E-state index < -0.39 is 11.6 Å². The molecule has 0 spiro atoms. The summed E-state index contributed by atoms with van der Waals surface area (Å²) >= 11 is 0. The number of nitrogens with two attached hydrogens (primary N) is 1. The summed E-state index contributed by atoms with van der Waals surface area (Å²) in [6.45, 7) is 1.89. The minimum Gasteiger partial charge on any atom is -0.398 e. The van der Waals surface area contributed by atoms with Gasteiger partial charge in [-0.15, -0.1) is 0 Å². The van der Waals surface area contributed by atoms with Gasteiger partial charge in [-0.2, -0.15) is 0 Å². The van der Waals surface area contributed by atoms with E-state index in [9.17, 15) is 8.78 Å². The Morgan fingerprint density at radius 3 is 2.38 bits per heavy atom. The van der Waals surface area contributed by atoms with E-state index in [-0.39, 0.29) is 0 Å². The van der Waals surface area contributed by atoms with Gasteiger partial charge in [0.15, 0.2) is 0 Å². The lowest BCUT2D eigenvalue weighted by Gasteiger charge is -2.08. The van der Waals surface area contributed by atoms with Crippen molar-refractivity contribution in [2.75, 3.05) is 5.73 Å². The standard InChI is InChI=1S/C13H11F2N/c1-8-2-5-13(16)11(6-8)10-4-3-9(14)7-12(10)15/h2-7H,16H2,1H3. The first-order valence-corrected chi connectivity index (χ1v) is 4.89. The highest BCUT2D eigenvalue weighted by molar-refractivity contribution is 5.77. The van der Waals surface area contributed by atoms with E-state index >= 15 is 0 Å². The molecular weight excluding hydrogens is 208 g/mol. The Bertz CT molecular complexity index is 535. The Kier molecular flexibility index (Phi) is 2.60.